The van der Waals surface area contributed by atoms with Gasteiger partial charge in [-0.05, 0) is 27.7 Å². The summed E-state index contributed by atoms with van der Waals surface area (Å²) in [4.78, 5) is 0. The average Bonchev–Trinajstić information content (AvgIpc) is 2.82. The highest BCUT2D eigenvalue weighted by molar-refractivity contribution is 6.62. The Morgan fingerprint density at radius 2 is 1.80 bits per heavy atom. The van der Waals surface area contributed by atoms with Crippen molar-refractivity contribution in [1.29, 1.82) is 0 Å². The first-order valence-electron chi connectivity index (χ1n) is 6.25. The van der Waals surface area contributed by atoms with Crippen LogP contribution in [-0.2, 0) is 14.9 Å². The van der Waals surface area contributed by atoms with Gasteiger partial charge in [0.05, 0.1) is 11.2 Å². The van der Waals surface area contributed by atoms with Gasteiger partial charge < -0.3 is 24.6 Å². The van der Waals surface area contributed by atoms with Crippen LogP contribution in [0.5, 0.6) is 0 Å². The molecule has 0 spiro atoms. The van der Waals surface area contributed by atoms with Gasteiger partial charge in [-0.15, -0.1) is 0 Å². The molecular weight excluding hydrogens is 262 g/mol. The number of aromatic nitrogens is 2. The van der Waals surface area contributed by atoms with Gasteiger partial charge in [0.1, 0.15) is 0 Å². The molecule has 2 radical (unpaired) electrons. The van der Waals surface area contributed by atoms with Gasteiger partial charge in [0.15, 0.2) is 19.8 Å². The van der Waals surface area contributed by atoms with Crippen LogP contribution < -0.4 is 5.46 Å². The monoisotopic (exact) mass is 280 g/mol. The SMILES string of the molecule is [B]C(O)(C(O)O)n1cc(B2OC(C)(C)C(C)(C)O2)cn1. The van der Waals surface area contributed by atoms with E-state index >= 15 is 0 Å². The molecule has 7 nitrogen and oxygen atoms in total. The van der Waals surface area contributed by atoms with Crippen LogP contribution in [0.25, 0.3) is 0 Å². The van der Waals surface area contributed by atoms with Crippen LogP contribution >= 0.6 is 0 Å². The Labute approximate surface area is 119 Å². The minimum absolute atomic E-state index is 0.505. The molecular formula is C11H18B2N2O5. The quantitative estimate of drug-likeness (QED) is 0.449. The van der Waals surface area contributed by atoms with Crippen molar-refractivity contribution in [2.24, 2.45) is 0 Å². The molecule has 0 aromatic carbocycles. The summed E-state index contributed by atoms with van der Waals surface area (Å²) in [5.41, 5.74) is -2.90. The summed E-state index contributed by atoms with van der Waals surface area (Å²) in [6.45, 7) is 7.64. The first-order chi connectivity index (χ1) is 8.97. The van der Waals surface area contributed by atoms with Crippen molar-refractivity contribution in [2.45, 2.75) is 50.8 Å². The first kappa shape index (κ1) is 15.5. The van der Waals surface area contributed by atoms with E-state index in [1.165, 1.54) is 12.4 Å². The Hall–Kier alpha value is -0.860. The lowest BCUT2D eigenvalue weighted by molar-refractivity contribution is -0.184. The van der Waals surface area contributed by atoms with E-state index < -0.39 is 30.2 Å². The summed E-state index contributed by atoms with van der Waals surface area (Å²) in [5.74, 6) is 0. The highest BCUT2D eigenvalue weighted by Gasteiger charge is 2.52. The number of hydrogen-bond acceptors (Lipinski definition) is 6. The molecule has 0 bridgehead atoms. The zero-order valence-electron chi connectivity index (χ0n) is 11.9. The second-order valence-corrected chi connectivity index (χ2v) is 5.96. The summed E-state index contributed by atoms with van der Waals surface area (Å²) < 4.78 is 12.5. The molecule has 1 aromatic rings. The van der Waals surface area contributed by atoms with Gasteiger partial charge in [0.25, 0.3) is 0 Å². The van der Waals surface area contributed by atoms with E-state index in [1.54, 1.807) is 0 Å². The van der Waals surface area contributed by atoms with E-state index in [1.807, 2.05) is 27.7 Å². The van der Waals surface area contributed by atoms with Crippen LogP contribution in [0.3, 0.4) is 0 Å². The van der Waals surface area contributed by atoms with Crippen LogP contribution in [0.15, 0.2) is 12.4 Å². The third-order valence-corrected chi connectivity index (χ3v) is 3.87. The second-order valence-electron chi connectivity index (χ2n) is 5.96. The van der Waals surface area contributed by atoms with E-state index in [9.17, 15) is 5.11 Å². The largest absolute Gasteiger partial charge is 0.498 e. The normalized spacial score (nSPS) is 24.1. The molecule has 1 aliphatic heterocycles. The second kappa shape index (κ2) is 4.57. The van der Waals surface area contributed by atoms with Crippen molar-refractivity contribution in [3.8, 4) is 0 Å². The van der Waals surface area contributed by atoms with Crippen molar-refractivity contribution in [3.05, 3.63) is 12.4 Å². The number of aliphatic hydroxyl groups is 3. The lowest BCUT2D eigenvalue weighted by Crippen LogP contribution is -2.46. The molecule has 1 unspecified atom stereocenters. The van der Waals surface area contributed by atoms with Crippen molar-refractivity contribution in [2.75, 3.05) is 0 Å². The molecule has 9 heteroatoms. The highest BCUT2D eigenvalue weighted by atomic mass is 16.7. The highest BCUT2D eigenvalue weighted by Crippen LogP contribution is 2.36. The topological polar surface area (TPSA) is 97.0 Å². The minimum Gasteiger partial charge on any atom is -0.399 e. The molecule has 2 rings (SSSR count). The number of nitrogens with zero attached hydrogens (tertiary/aromatic N) is 2. The maximum Gasteiger partial charge on any atom is 0.498 e. The summed E-state index contributed by atoms with van der Waals surface area (Å²) in [5, 5.41) is 31.6. The Morgan fingerprint density at radius 3 is 2.25 bits per heavy atom. The van der Waals surface area contributed by atoms with E-state index in [4.69, 9.17) is 27.4 Å². The van der Waals surface area contributed by atoms with Crippen LogP contribution in [0.1, 0.15) is 27.7 Å². The van der Waals surface area contributed by atoms with Gasteiger partial charge in [-0.1, -0.05) is 0 Å². The van der Waals surface area contributed by atoms with Gasteiger partial charge in [0.2, 0.25) is 0 Å². The van der Waals surface area contributed by atoms with Gasteiger partial charge in [-0.3, -0.25) is 0 Å². The Morgan fingerprint density at radius 1 is 1.30 bits per heavy atom. The number of hydrogen-bond donors (Lipinski definition) is 3. The molecule has 1 saturated heterocycles. The van der Waals surface area contributed by atoms with Gasteiger partial charge in [0, 0.05) is 17.9 Å². The van der Waals surface area contributed by atoms with E-state index in [-0.39, 0.29) is 0 Å². The molecule has 3 N–H and O–H groups in total. The van der Waals surface area contributed by atoms with Crippen molar-refractivity contribution < 1.29 is 24.6 Å². The fourth-order valence-electron chi connectivity index (χ4n) is 1.75. The fraction of sp³-hybridized carbons (Fsp3) is 0.727. The number of rotatable bonds is 3. The van der Waals surface area contributed by atoms with Crippen molar-refractivity contribution >= 4 is 20.4 Å². The molecule has 1 fully saturated rings. The van der Waals surface area contributed by atoms with Crippen molar-refractivity contribution in [3.63, 3.8) is 0 Å². The van der Waals surface area contributed by atoms with E-state index in [0.717, 1.165) is 4.68 Å². The molecule has 0 aliphatic carbocycles. The Bertz CT molecular complexity index is 485. The third kappa shape index (κ3) is 2.40. The zero-order chi connectivity index (χ0) is 15.3. The summed E-state index contributed by atoms with van der Waals surface area (Å²) in [6, 6.07) is 0. The summed E-state index contributed by atoms with van der Waals surface area (Å²) in [7, 11) is 4.71. The molecule has 0 amide bonds. The molecule has 1 aliphatic rings. The van der Waals surface area contributed by atoms with Crippen LogP contribution in [0.4, 0.5) is 0 Å². The maximum atomic E-state index is 9.72. The molecule has 108 valence electrons. The standard InChI is InChI=1S/C11H18B2N2O5/c1-9(2)10(3,4)20-13(19-9)7-5-14-15(6-7)11(12,18)8(16)17/h5-6,8,16-18H,1-4H3. The van der Waals surface area contributed by atoms with Crippen LogP contribution in [0, 0.1) is 0 Å². The average molecular weight is 280 g/mol. The third-order valence-electron chi connectivity index (χ3n) is 3.87. The van der Waals surface area contributed by atoms with E-state index in [0.29, 0.717) is 5.46 Å². The summed E-state index contributed by atoms with van der Waals surface area (Å²) >= 11 is 0. The van der Waals surface area contributed by atoms with Gasteiger partial charge in [-0.2, -0.15) is 5.10 Å². The molecule has 1 aromatic heterocycles. The molecule has 0 saturated carbocycles. The van der Waals surface area contributed by atoms with E-state index in [2.05, 4.69) is 5.10 Å². The smallest absolute Gasteiger partial charge is 0.399 e. The maximum absolute atomic E-state index is 9.72. The Balaban J connectivity index is 2.24. The fourth-order valence-corrected chi connectivity index (χ4v) is 1.75. The van der Waals surface area contributed by atoms with Crippen molar-refractivity contribution in [1.82, 2.24) is 9.78 Å². The Kier molecular flexibility index (Phi) is 3.55. The predicted molar refractivity (Wildman–Crippen MR) is 72.1 cm³/mol. The van der Waals surface area contributed by atoms with Gasteiger partial charge >= 0.3 is 7.12 Å². The minimum atomic E-state index is -2.41. The molecule has 20 heavy (non-hydrogen) atoms. The van der Waals surface area contributed by atoms with Crippen LogP contribution in [0.2, 0.25) is 0 Å². The van der Waals surface area contributed by atoms with Gasteiger partial charge in [-0.25, -0.2) is 4.68 Å². The first-order valence-corrected chi connectivity index (χ1v) is 6.25. The molecule has 2 heterocycles. The molecule has 1 atom stereocenters. The zero-order valence-corrected chi connectivity index (χ0v) is 11.9. The summed E-state index contributed by atoms with van der Waals surface area (Å²) in [6.07, 6.45) is 0.567. The lowest BCUT2D eigenvalue weighted by Gasteiger charge is -2.32. The number of aliphatic hydroxyl groups excluding tert-OH is 1. The predicted octanol–water partition coefficient (Wildman–Crippen LogP) is -1.74. The lowest BCUT2D eigenvalue weighted by atomic mass is 9.81. The van der Waals surface area contributed by atoms with Crippen LogP contribution in [-0.4, -0.2) is 57.6 Å².